The zero-order valence-corrected chi connectivity index (χ0v) is 12.1. The molecule has 1 aromatic carbocycles. The fourth-order valence-electron chi connectivity index (χ4n) is 1.70. The van der Waals surface area contributed by atoms with Crippen LogP contribution in [-0.4, -0.2) is 14.9 Å². The third-order valence-electron chi connectivity index (χ3n) is 2.93. The largest absolute Gasteiger partial charge is 0.383 e. The van der Waals surface area contributed by atoms with Gasteiger partial charge in [0.15, 0.2) is 0 Å². The van der Waals surface area contributed by atoms with E-state index < -0.39 is 11.9 Å². The molecule has 0 aliphatic rings. The van der Waals surface area contributed by atoms with Crippen molar-refractivity contribution in [2.45, 2.75) is 13.0 Å². The second kappa shape index (κ2) is 4.99. The summed E-state index contributed by atoms with van der Waals surface area (Å²) in [7, 11) is 1.76. The van der Waals surface area contributed by atoms with Crippen LogP contribution >= 0.6 is 27.5 Å². The predicted molar refractivity (Wildman–Crippen MR) is 71.1 cm³/mol. The summed E-state index contributed by atoms with van der Waals surface area (Å²) in [6, 6.07) is 3.11. The average Bonchev–Trinajstić information content (AvgIpc) is 2.67. The zero-order valence-electron chi connectivity index (χ0n) is 9.78. The standard InChI is InChI=1S/C12H11BrClFN2O/c1-6-8(5-16-17(6)2)12(18)7-3-4-9(13)10(14)11(7)15/h3-5,12,18H,1-2H3. The van der Waals surface area contributed by atoms with E-state index in [0.29, 0.717) is 10.0 Å². The number of hydrogen-bond donors (Lipinski definition) is 1. The summed E-state index contributed by atoms with van der Waals surface area (Å²) in [5.41, 5.74) is 1.48. The van der Waals surface area contributed by atoms with Crippen LogP contribution < -0.4 is 0 Å². The molecule has 0 aliphatic carbocycles. The van der Waals surface area contributed by atoms with Gasteiger partial charge in [-0.2, -0.15) is 5.10 Å². The number of hydrogen-bond acceptors (Lipinski definition) is 2. The highest BCUT2D eigenvalue weighted by Crippen LogP contribution is 2.33. The molecule has 1 aromatic heterocycles. The van der Waals surface area contributed by atoms with Crippen molar-refractivity contribution in [3.63, 3.8) is 0 Å². The Kier molecular flexibility index (Phi) is 3.75. The normalized spacial score (nSPS) is 12.8. The zero-order chi connectivity index (χ0) is 13.4. The Hall–Kier alpha value is -0.910. The molecule has 1 unspecified atom stereocenters. The summed E-state index contributed by atoms with van der Waals surface area (Å²) < 4.78 is 16.1. The third-order valence-corrected chi connectivity index (χ3v) is 4.19. The monoisotopic (exact) mass is 332 g/mol. The molecule has 18 heavy (non-hydrogen) atoms. The Labute approximate surface area is 117 Å². The number of nitrogens with zero attached hydrogens (tertiary/aromatic N) is 2. The minimum Gasteiger partial charge on any atom is -0.383 e. The SMILES string of the molecule is Cc1c(C(O)c2ccc(Br)c(Cl)c2F)cnn1C. The fourth-order valence-corrected chi connectivity index (χ4v) is 2.18. The molecule has 1 heterocycles. The summed E-state index contributed by atoms with van der Waals surface area (Å²) in [5, 5.41) is 14.2. The number of benzene rings is 1. The van der Waals surface area contributed by atoms with Gasteiger partial charge in [0.05, 0.1) is 11.2 Å². The first-order valence-electron chi connectivity index (χ1n) is 5.23. The second-order valence-electron chi connectivity index (χ2n) is 3.98. The molecule has 0 fully saturated rings. The van der Waals surface area contributed by atoms with Crippen LogP contribution in [0.4, 0.5) is 4.39 Å². The van der Waals surface area contributed by atoms with E-state index in [9.17, 15) is 9.50 Å². The molecule has 0 aliphatic heterocycles. The molecule has 3 nitrogen and oxygen atoms in total. The van der Waals surface area contributed by atoms with Gasteiger partial charge in [0.25, 0.3) is 0 Å². The van der Waals surface area contributed by atoms with E-state index >= 15 is 0 Å². The van der Waals surface area contributed by atoms with Crippen molar-refractivity contribution in [3.8, 4) is 0 Å². The predicted octanol–water partition coefficient (Wildman–Crippen LogP) is 3.37. The van der Waals surface area contributed by atoms with Crippen molar-refractivity contribution in [2.24, 2.45) is 7.05 Å². The summed E-state index contributed by atoms with van der Waals surface area (Å²) in [6.07, 6.45) is 0.444. The second-order valence-corrected chi connectivity index (χ2v) is 5.21. The molecule has 1 N–H and O–H groups in total. The molecular weight excluding hydrogens is 323 g/mol. The number of aliphatic hydroxyl groups excluding tert-OH is 1. The van der Waals surface area contributed by atoms with Gasteiger partial charge >= 0.3 is 0 Å². The maximum Gasteiger partial charge on any atom is 0.149 e. The Balaban J connectivity index is 2.50. The lowest BCUT2D eigenvalue weighted by Crippen LogP contribution is -2.05. The summed E-state index contributed by atoms with van der Waals surface area (Å²) in [6.45, 7) is 1.81. The van der Waals surface area contributed by atoms with Crippen LogP contribution in [0.25, 0.3) is 0 Å². The molecule has 0 saturated carbocycles. The molecule has 2 aromatic rings. The third kappa shape index (κ3) is 2.18. The van der Waals surface area contributed by atoms with Crippen LogP contribution in [0.5, 0.6) is 0 Å². The number of aliphatic hydroxyl groups is 1. The van der Waals surface area contributed by atoms with Gasteiger partial charge in [-0.1, -0.05) is 17.7 Å². The van der Waals surface area contributed by atoms with Crippen LogP contribution in [0.15, 0.2) is 22.8 Å². The van der Waals surface area contributed by atoms with Gasteiger partial charge in [0, 0.05) is 28.3 Å². The van der Waals surface area contributed by atoms with Crippen LogP contribution in [0, 0.1) is 12.7 Å². The molecule has 0 spiro atoms. The van der Waals surface area contributed by atoms with E-state index in [-0.39, 0.29) is 10.6 Å². The van der Waals surface area contributed by atoms with E-state index in [1.807, 2.05) is 6.92 Å². The smallest absolute Gasteiger partial charge is 0.149 e. The molecule has 6 heteroatoms. The molecule has 1 atom stereocenters. The molecule has 0 amide bonds. The summed E-state index contributed by atoms with van der Waals surface area (Å²) in [5.74, 6) is -0.623. The Morgan fingerprint density at radius 3 is 2.67 bits per heavy atom. The first-order valence-corrected chi connectivity index (χ1v) is 6.40. The Morgan fingerprint density at radius 1 is 1.44 bits per heavy atom. The van der Waals surface area contributed by atoms with E-state index in [1.54, 1.807) is 17.8 Å². The van der Waals surface area contributed by atoms with Gasteiger partial charge in [0.2, 0.25) is 0 Å². The molecular formula is C12H11BrClFN2O. The lowest BCUT2D eigenvalue weighted by molar-refractivity contribution is 0.214. The number of aryl methyl sites for hydroxylation is 1. The van der Waals surface area contributed by atoms with Crippen molar-refractivity contribution >= 4 is 27.5 Å². The van der Waals surface area contributed by atoms with Gasteiger partial charge in [-0.05, 0) is 28.9 Å². The lowest BCUT2D eigenvalue weighted by atomic mass is 10.0. The highest BCUT2D eigenvalue weighted by molar-refractivity contribution is 9.10. The van der Waals surface area contributed by atoms with Crippen molar-refractivity contribution < 1.29 is 9.50 Å². The van der Waals surface area contributed by atoms with Gasteiger partial charge in [-0.25, -0.2) is 4.39 Å². The molecule has 96 valence electrons. The van der Waals surface area contributed by atoms with Crippen molar-refractivity contribution in [3.05, 3.63) is 50.5 Å². The number of halogens is 3. The summed E-state index contributed by atoms with van der Waals surface area (Å²) >= 11 is 8.94. The quantitative estimate of drug-likeness (QED) is 0.856. The minimum atomic E-state index is -1.08. The topological polar surface area (TPSA) is 38.1 Å². The molecule has 0 bridgehead atoms. The average molecular weight is 334 g/mol. The van der Waals surface area contributed by atoms with E-state index in [0.717, 1.165) is 5.69 Å². The maximum absolute atomic E-state index is 14.0. The van der Waals surface area contributed by atoms with E-state index in [2.05, 4.69) is 21.0 Å². The lowest BCUT2D eigenvalue weighted by Gasteiger charge is -2.13. The number of rotatable bonds is 2. The van der Waals surface area contributed by atoms with E-state index in [1.165, 1.54) is 12.3 Å². The maximum atomic E-state index is 14.0. The van der Waals surface area contributed by atoms with Gasteiger partial charge in [-0.15, -0.1) is 0 Å². The van der Waals surface area contributed by atoms with Crippen LogP contribution in [0.3, 0.4) is 0 Å². The van der Waals surface area contributed by atoms with Crippen LogP contribution in [0.2, 0.25) is 5.02 Å². The highest BCUT2D eigenvalue weighted by atomic mass is 79.9. The number of aromatic nitrogens is 2. The first kappa shape index (κ1) is 13.5. The molecule has 0 saturated heterocycles. The highest BCUT2D eigenvalue weighted by Gasteiger charge is 2.21. The Bertz CT molecular complexity index is 600. The van der Waals surface area contributed by atoms with Crippen molar-refractivity contribution in [2.75, 3.05) is 0 Å². The van der Waals surface area contributed by atoms with Gasteiger partial charge in [-0.3, -0.25) is 4.68 Å². The first-order chi connectivity index (χ1) is 8.43. The minimum absolute atomic E-state index is 0.0342. The molecule has 2 rings (SSSR count). The van der Waals surface area contributed by atoms with E-state index in [4.69, 9.17) is 11.6 Å². The van der Waals surface area contributed by atoms with Gasteiger partial charge in [0.1, 0.15) is 11.9 Å². The van der Waals surface area contributed by atoms with Crippen molar-refractivity contribution in [1.29, 1.82) is 0 Å². The summed E-state index contributed by atoms with van der Waals surface area (Å²) in [4.78, 5) is 0. The molecule has 0 radical (unpaired) electrons. The Morgan fingerprint density at radius 2 is 2.11 bits per heavy atom. The van der Waals surface area contributed by atoms with Crippen molar-refractivity contribution in [1.82, 2.24) is 9.78 Å². The van der Waals surface area contributed by atoms with Gasteiger partial charge < -0.3 is 5.11 Å². The van der Waals surface area contributed by atoms with Crippen LogP contribution in [-0.2, 0) is 7.05 Å². The fraction of sp³-hybridized carbons (Fsp3) is 0.250. The van der Waals surface area contributed by atoms with Crippen LogP contribution in [0.1, 0.15) is 22.9 Å².